The molecule has 2 unspecified atom stereocenters. The second kappa shape index (κ2) is 14.4. The van der Waals surface area contributed by atoms with Crippen molar-refractivity contribution in [2.24, 2.45) is 0 Å². The third-order valence-corrected chi connectivity index (χ3v) is 7.41. The fourth-order valence-corrected chi connectivity index (χ4v) is 5.11. The molecule has 3 aromatic rings. The minimum Gasteiger partial charge on any atom is -0.444 e. The lowest BCUT2D eigenvalue weighted by atomic mass is 9.98. The molecule has 0 aromatic heterocycles. The van der Waals surface area contributed by atoms with Gasteiger partial charge in [-0.15, -0.1) is 0 Å². The number of carbonyl (C=O) groups is 3. The van der Waals surface area contributed by atoms with Crippen LogP contribution in [0, 0.1) is 13.8 Å². The minimum absolute atomic E-state index is 0.314. The van der Waals surface area contributed by atoms with E-state index in [1.165, 1.54) is 0 Å². The Kier molecular flexibility index (Phi) is 11.2. The highest BCUT2D eigenvalue weighted by Gasteiger charge is 2.36. The number of hydrogen-bond donors (Lipinski definition) is 2. The standard InChI is InChI=1S/C33H43N3O4S/c1-8-18-36(31(38)28(17-19-41-7)35-32(39)40-33(4,5)6)29(26-14-13-22(2)23(3)20-26)30(37)34-27-16-15-24-11-9-10-12-25(24)21-27/h9-16,20-21,28-29H,8,17-19H2,1-7H3,(H,34,37)(H,35,39). The molecule has 0 heterocycles. The summed E-state index contributed by atoms with van der Waals surface area (Å²) in [7, 11) is 0. The van der Waals surface area contributed by atoms with Crippen molar-refractivity contribution in [1.82, 2.24) is 10.2 Å². The summed E-state index contributed by atoms with van der Waals surface area (Å²) in [5, 5.41) is 7.93. The number of rotatable bonds is 11. The van der Waals surface area contributed by atoms with Crippen molar-refractivity contribution in [2.75, 3.05) is 23.9 Å². The molecule has 0 spiro atoms. The van der Waals surface area contributed by atoms with Crippen LogP contribution in [-0.2, 0) is 14.3 Å². The van der Waals surface area contributed by atoms with Gasteiger partial charge in [-0.05, 0) is 99.1 Å². The van der Waals surface area contributed by atoms with Crippen LogP contribution in [0.15, 0.2) is 60.7 Å². The van der Waals surface area contributed by atoms with Gasteiger partial charge in [-0.25, -0.2) is 4.79 Å². The third kappa shape index (κ3) is 8.98. The summed E-state index contributed by atoms with van der Waals surface area (Å²) in [6.45, 7) is 11.7. The Balaban J connectivity index is 2.01. The zero-order chi connectivity index (χ0) is 30.2. The number of nitrogens with zero attached hydrogens (tertiary/aromatic N) is 1. The van der Waals surface area contributed by atoms with Gasteiger partial charge in [0.15, 0.2) is 0 Å². The maximum Gasteiger partial charge on any atom is 0.408 e. The van der Waals surface area contributed by atoms with E-state index in [1.807, 2.05) is 87.7 Å². The Labute approximate surface area is 248 Å². The van der Waals surface area contributed by atoms with Gasteiger partial charge in [0.2, 0.25) is 5.91 Å². The number of fused-ring (bicyclic) bond motifs is 1. The first-order valence-electron chi connectivity index (χ1n) is 14.1. The number of ether oxygens (including phenoxy) is 1. The van der Waals surface area contributed by atoms with Gasteiger partial charge in [0.25, 0.3) is 5.91 Å². The molecule has 41 heavy (non-hydrogen) atoms. The number of thioether (sulfide) groups is 1. The van der Waals surface area contributed by atoms with Gasteiger partial charge in [0.05, 0.1) is 0 Å². The van der Waals surface area contributed by atoms with Crippen molar-refractivity contribution < 1.29 is 19.1 Å². The molecule has 8 heteroatoms. The van der Waals surface area contributed by atoms with Gasteiger partial charge < -0.3 is 20.3 Å². The van der Waals surface area contributed by atoms with E-state index in [0.29, 0.717) is 36.4 Å². The summed E-state index contributed by atoms with van der Waals surface area (Å²) in [5.74, 6) is 0.0268. The molecule has 3 amide bonds. The first-order chi connectivity index (χ1) is 19.4. The predicted octanol–water partition coefficient (Wildman–Crippen LogP) is 7.02. The maximum atomic E-state index is 14.2. The lowest BCUT2D eigenvalue weighted by Gasteiger charge is -2.34. The van der Waals surface area contributed by atoms with Crippen molar-refractivity contribution in [3.05, 3.63) is 77.4 Å². The molecule has 0 saturated heterocycles. The van der Waals surface area contributed by atoms with Crippen molar-refractivity contribution >= 4 is 46.1 Å². The molecule has 0 aliphatic heterocycles. The number of hydrogen-bond acceptors (Lipinski definition) is 5. The summed E-state index contributed by atoms with van der Waals surface area (Å²) in [4.78, 5) is 42.6. The minimum atomic E-state index is -0.898. The lowest BCUT2D eigenvalue weighted by Crippen LogP contribution is -2.52. The van der Waals surface area contributed by atoms with Crippen LogP contribution in [0.1, 0.15) is 63.3 Å². The van der Waals surface area contributed by atoms with Crippen LogP contribution >= 0.6 is 11.8 Å². The monoisotopic (exact) mass is 577 g/mol. The first-order valence-corrected chi connectivity index (χ1v) is 15.5. The molecule has 220 valence electrons. The van der Waals surface area contributed by atoms with Gasteiger partial charge in [0, 0.05) is 12.2 Å². The quantitative estimate of drug-likeness (QED) is 0.256. The number of amides is 3. The molecule has 3 rings (SSSR count). The molecule has 0 radical (unpaired) electrons. The van der Waals surface area contributed by atoms with E-state index in [-0.39, 0.29) is 11.8 Å². The number of carbonyl (C=O) groups excluding carboxylic acids is 3. The van der Waals surface area contributed by atoms with Crippen LogP contribution in [0.25, 0.3) is 10.8 Å². The lowest BCUT2D eigenvalue weighted by molar-refractivity contribution is -0.140. The number of anilines is 1. The molecule has 2 N–H and O–H groups in total. The zero-order valence-electron chi connectivity index (χ0n) is 25.2. The van der Waals surface area contributed by atoms with Gasteiger partial charge in [-0.1, -0.05) is 55.5 Å². The summed E-state index contributed by atoms with van der Waals surface area (Å²) < 4.78 is 5.47. The van der Waals surface area contributed by atoms with Crippen molar-refractivity contribution in [3.63, 3.8) is 0 Å². The Hall–Kier alpha value is -3.52. The fraction of sp³-hybridized carbons (Fsp3) is 0.424. The van der Waals surface area contributed by atoms with Gasteiger partial charge in [-0.3, -0.25) is 9.59 Å². The van der Waals surface area contributed by atoms with Crippen LogP contribution in [0.2, 0.25) is 0 Å². The number of nitrogens with one attached hydrogen (secondary N) is 2. The largest absolute Gasteiger partial charge is 0.444 e. The topological polar surface area (TPSA) is 87.7 Å². The average molecular weight is 578 g/mol. The number of aryl methyl sites for hydroxylation is 2. The van der Waals surface area contributed by atoms with E-state index in [0.717, 1.165) is 21.9 Å². The van der Waals surface area contributed by atoms with Crippen LogP contribution in [0.5, 0.6) is 0 Å². The smallest absolute Gasteiger partial charge is 0.408 e. The third-order valence-electron chi connectivity index (χ3n) is 6.77. The van der Waals surface area contributed by atoms with Gasteiger partial charge in [-0.2, -0.15) is 11.8 Å². The predicted molar refractivity (Wildman–Crippen MR) is 169 cm³/mol. The van der Waals surface area contributed by atoms with Crippen molar-refractivity contribution in [3.8, 4) is 0 Å². The first kappa shape index (κ1) is 32.0. The molecule has 2 atom stereocenters. The van der Waals surface area contributed by atoms with Crippen LogP contribution in [0.3, 0.4) is 0 Å². The van der Waals surface area contributed by atoms with E-state index in [2.05, 4.69) is 10.6 Å². The molecule has 0 saturated carbocycles. The van der Waals surface area contributed by atoms with E-state index in [1.54, 1.807) is 37.4 Å². The molecule has 0 aliphatic rings. The average Bonchev–Trinajstić information content (AvgIpc) is 2.91. The Morgan fingerprint density at radius 3 is 2.29 bits per heavy atom. The molecular formula is C33H43N3O4S. The molecule has 0 bridgehead atoms. The second-order valence-electron chi connectivity index (χ2n) is 11.3. The molecule has 0 aliphatic carbocycles. The van der Waals surface area contributed by atoms with E-state index in [9.17, 15) is 14.4 Å². The van der Waals surface area contributed by atoms with E-state index >= 15 is 0 Å². The van der Waals surface area contributed by atoms with E-state index in [4.69, 9.17) is 4.74 Å². The van der Waals surface area contributed by atoms with Crippen LogP contribution < -0.4 is 10.6 Å². The Bertz CT molecular complexity index is 1370. The Morgan fingerprint density at radius 2 is 1.66 bits per heavy atom. The number of benzene rings is 3. The van der Waals surface area contributed by atoms with Gasteiger partial charge >= 0.3 is 6.09 Å². The van der Waals surface area contributed by atoms with Crippen molar-refractivity contribution in [1.29, 1.82) is 0 Å². The normalized spacial score (nSPS) is 12.9. The molecule has 7 nitrogen and oxygen atoms in total. The highest BCUT2D eigenvalue weighted by Crippen LogP contribution is 2.28. The highest BCUT2D eigenvalue weighted by atomic mass is 32.2. The Morgan fingerprint density at radius 1 is 0.951 bits per heavy atom. The highest BCUT2D eigenvalue weighted by molar-refractivity contribution is 7.98. The molecular weight excluding hydrogens is 534 g/mol. The van der Waals surface area contributed by atoms with Crippen molar-refractivity contribution in [2.45, 2.75) is 72.1 Å². The SMILES string of the molecule is CCCN(C(=O)C(CCSC)NC(=O)OC(C)(C)C)C(C(=O)Nc1ccc2ccccc2c1)c1ccc(C)c(C)c1. The fourth-order valence-electron chi connectivity index (χ4n) is 4.64. The molecule has 0 fully saturated rings. The molecule has 3 aromatic carbocycles. The zero-order valence-corrected chi connectivity index (χ0v) is 26.1. The second-order valence-corrected chi connectivity index (χ2v) is 12.3. The van der Waals surface area contributed by atoms with E-state index < -0.39 is 23.8 Å². The van der Waals surface area contributed by atoms with Crippen LogP contribution in [0.4, 0.5) is 10.5 Å². The van der Waals surface area contributed by atoms with Gasteiger partial charge in [0.1, 0.15) is 17.7 Å². The summed E-state index contributed by atoms with van der Waals surface area (Å²) in [5.41, 5.74) is 2.79. The maximum absolute atomic E-state index is 14.2. The summed E-state index contributed by atoms with van der Waals surface area (Å²) >= 11 is 1.59. The summed E-state index contributed by atoms with van der Waals surface area (Å²) in [6.07, 6.45) is 2.34. The summed E-state index contributed by atoms with van der Waals surface area (Å²) in [6, 6.07) is 17.8. The number of alkyl carbamates (subject to hydrolysis) is 1. The van der Waals surface area contributed by atoms with Crippen LogP contribution in [-0.4, -0.2) is 53.0 Å².